The van der Waals surface area contributed by atoms with E-state index in [1.54, 1.807) is 12.1 Å². The van der Waals surface area contributed by atoms with Gasteiger partial charge in [0.1, 0.15) is 17.3 Å². The normalized spacial score (nSPS) is 17.1. The van der Waals surface area contributed by atoms with E-state index < -0.39 is 29.3 Å². The highest BCUT2D eigenvalue weighted by Crippen LogP contribution is 2.45. The number of aromatic nitrogens is 1. The number of Topliss-reactive ketones (excluding diaryl/α,β-unsaturated/α-hetero) is 1. The molecule has 4 aromatic rings. The van der Waals surface area contributed by atoms with Gasteiger partial charge >= 0.3 is 0 Å². The summed E-state index contributed by atoms with van der Waals surface area (Å²) in [5, 5.41) is 12.7. The number of amides is 1. The first-order chi connectivity index (χ1) is 17.7. The van der Waals surface area contributed by atoms with Gasteiger partial charge in [-0.2, -0.15) is 0 Å². The van der Waals surface area contributed by atoms with Gasteiger partial charge in [0.15, 0.2) is 0 Å². The molecule has 0 spiro atoms. The number of benzene rings is 3. The zero-order chi connectivity index (χ0) is 26.4. The standard InChI is InChI=1S/C28H21Cl2FN2O4/c1-32-14-20(18-5-3-4-6-22(18)32)24-23(25(34)19-11-16(29)12-21(30)27(19)37-2)26(35)28(36)33(24)13-15-7-9-17(31)10-8-15/h3-12,14,24,34H,13H2,1-2H3/b25-23+. The summed E-state index contributed by atoms with van der Waals surface area (Å²) in [6.45, 7) is 0.0168. The van der Waals surface area contributed by atoms with Gasteiger partial charge in [-0.1, -0.05) is 53.5 Å². The number of aryl methyl sites for hydroxylation is 1. The number of fused-ring (bicyclic) bond motifs is 1. The molecule has 0 saturated carbocycles. The van der Waals surface area contributed by atoms with Gasteiger partial charge in [-0.15, -0.1) is 0 Å². The Morgan fingerprint density at radius 3 is 2.49 bits per heavy atom. The maximum Gasteiger partial charge on any atom is 0.295 e. The van der Waals surface area contributed by atoms with E-state index in [4.69, 9.17) is 27.9 Å². The van der Waals surface area contributed by atoms with Crippen LogP contribution in [0.3, 0.4) is 0 Å². The first kappa shape index (κ1) is 24.9. The van der Waals surface area contributed by atoms with E-state index in [0.29, 0.717) is 11.1 Å². The number of aliphatic hydroxyl groups is 1. The maximum atomic E-state index is 13.5. The number of carbonyl (C=O) groups is 2. The number of methoxy groups -OCH3 is 1. The molecule has 188 valence electrons. The highest BCUT2D eigenvalue weighted by molar-refractivity contribution is 6.47. The number of halogens is 3. The van der Waals surface area contributed by atoms with Crippen LogP contribution in [0.25, 0.3) is 16.7 Å². The summed E-state index contributed by atoms with van der Waals surface area (Å²) in [4.78, 5) is 28.3. The zero-order valence-electron chi connectivity index (χ0n) is 19.8. The Kier molecular flexibility index (Phi) is 6.43. The molecule has 1 atom stereocenters. The Morgan fingerprint density at radius 1 is 1.08 bits per heavy atom. The van der Waals surface area contributed by atoms with Crippen LogP contribution in [0.15, 0.2) is 72.4 Å². The van der Waals surface area contributed by atoms with Crippen molar-refractivity contribution in [3.63, 3.8) is 0 Å². The van der Waals surface area contributed by atoms with Gasteiger partial charge in [0, 0.05) is 41.3 Å². The van der Waals surface area contributed by atoms with Crippen LogP contribution in [0, 0.1) is 5.82 Å². The first-order valence-corrected chi connectivity index (χ1v) is 12.1. The van der Waals surface area contributed by atoms with Crippen LogP contribution in [0.1, 0.15) is 22.7 Å². The Hall–Kier alpha value is -3.81. The molecule has 1 saturated heterocycles. The van der Waals surface area contributed by atoms with Gasteiger partial charge in [-0.05, 0) is 35.9 Å². The molecule has 3 aromatic carbocycles. The van der Waals surface area contributed by atoms with E-state index in [-0.39, 0.29) is 33.5 Å². The predicted molar refractivity (Wildman–Crippen MR) is 140 cm³/mol. The number of hydrogen-bond donors (Lipinski definition) is 1. The van der Waals surface area contributed by atoms with Crippen LogP contribution in [0.5, 0.6) is 5.75 Å². The Balaban J connectivity index is 1.77. The van der Waals surface area contributed by atoms with Crippen molar-refractivity contribution in [1.82, 2.24) is 9.47 Å². The summed E-state index contributed by atoms with van der Waals surface area (Å²) < 4.78 is 20.8. The molecule has 0 aliphatic carbocycles. The van der Waals surface area contributed by atoms with Crippen LogP contribution in [-0.4, -0.2) is 33.4 Å². The summed E-state index contributed by atoms with van der Waals surface area (Å²) in [6, 6.07) is 15.2. The SMILES string of the molecule is COc1c(Cl)cc(Cl)cc1/C(O)=C1\C(=O)C(=O)N(Cc2ccc(F)cc2)C1c1cn(C)c2ccccc12. The van der Waals surface area contributed by atoms with Gasteiger partial charge in [-0.3, -0.25) is 9.59 Å². The monoisotopic (exact) mass is 538 g/mol. The molecule has 6 nitrogen and oxygen atoms in total. The van der Waals surface area contributed by atoms with Gasteiger partial charge in [-0.25, -0.2) is 4.39 Å². The maximum absolute atomic E-state index is 13.5. The molecule has 1 amide bonds. The largest absolute Gasteiger partial charge is 0.507 e. The molecule has 1 aliphatic rings. The lowest BCUT2D eigenvalue weighted by molar-refractivity contribution is -0.140. The average Bonchev–Trinajstić information content (AvgIpc) is 3.33. The van der Waals surface area contributed by atoms with Crippen LogP contribution in [0.4, 0.5) is 4.39 Å². The van der Waals surface area contributed by atoms with E-state index in [2.05, 4.69) is 0 Å². The summed E-state index contributed by atoms with van der Waals surface area (Å²) in [5.74, 6) is -2.42. The van der Waals surface area contributed by atoms with Gasteiger partial charge in [0.2, 0.25) is 0 Å². The highest BCUT2D eigenvalue weighted by Gasteiger charge is 2.47. The average molecular weight is 539 g/mol. The van der Waals surface area contributed by atoms with Crippen molar-refractivity contribution in [2.24, 2.45) is 7.05 Å². The van der Waals surface area contributed by atoms with Gasteiger partial charge in [0.05, 0.1) is 29.3 Å². The number of nitrogens with zero attached hydrogens (tertiary/aromatic N) is 2. The van der Waals surface area contributed by atoms with Crippen LogP contribution in [0.2, 0.25) is 10.0 Å². The number of likely N-dealkylation sites (tertiary alicyclic amines) is 1. The fourth-order valence-electron chi connectivity index (χ4n) is 4.83. The van der Waals surface area contributed by atoms with Gasteiger partial charge in [0.25, 0.3) is 11.7 Å². The number of ether oxygens (including phenoxy) is 1. The molecule has 0 bridgehead atoms. The van der Waals surface area contributed by atoms with Crippen molar-refractivity contribution in [2.45, 2.75) is 12.6 Å². The number of ketones is 1. The minimum Gasteiger partial charge on any atom is -0.507 e. The van der Waals surface area contributed by atoms with Crippen molar-refractivity contribution in [3.05, 3.63) is 105 Å². The number of para-hydroxylation sites is 1. The molecule has 9 heteroatoms. The Labute approximate surface area is 222 Å². The van der Waals surface area contributed by atoms with Crippen molar-refractivity contribution >= 4 is 51.6 Å². The number of carbonyl (C=O) groups excluding carboxylic acids is 2. The third-order valence-electron chi connectivity index (χ3n) is 6.50. The first-order valence-electron chi connectivity index (χ1n) is 11.3. The predicted octanol–water partition coefficient (Wildman–Crippen LogP) is 6.25. The summed E-state index contributed by atoms with van der Waals surface area (Å²) in [7, 11) is 3.24. The molecule has 1 fully saturated rings. The molecule has 1 aromatic heterocycles. The summed E-state index contributed by atoms with van der Waals surface area (Å²) in [6.07, 6.45) is 1.83. The second-order valence-electron chi connectivity index (χ2n) is 8.73. The number of rotatable bonds is 5. The van der Waals surface area contributed by atoms with Crippen molar-refractivity contribution < 1.29 is 23.8 Å². The van der Waals surface area contributed by atoms with Crippen LogP contribution < -0.4 is 4.74 Å². The van der Waals surface area contributed by atoms with E-state index >= 15 is 0 Å². The highest BCUT2D eigenvalue weighted by atomic mass is 35.5. The second kappa shape index (κ2) is 9.57. The number of aliphatic hydroxyl groups excluding tert-OH is 1. The molecular formula is C28H21Cl2FN2O4. The molecule has 1 aliphatic heterocycles. The Morgan fingerprint density at radius 2 is 1.78 bits per heavy atom. The van der Waals surface area contributed by atoms with Crippen molar-refractivity contribution in [2.75, 3.05) is 7.11 Å². The smallest absolute Gasteiger partial charge is 0.295 e. The van der Waals surface area contributed by atoms with Crippen molar-refractivity contribution in [1.29, 1.82) is 0 Å². The van der Waals surface area contributed by atoms with Crippen LogP contribution in [-0.2, 0) is 23.2 Å². The van der Waals surface area contributed by atoms with E-state index in [9.17, 15) is 19.1 Å². The molecule has 37 heavy (non-hydrogen) atoms. The molecular weight excluding hydrogens is 518 g/mol. The fourth-order valence-corrected chi connectivity index (χ4v) is 5.40. The quantitative estimate of drug-likeness (QED) is 0.185. The summed E-state index contributed by atoms with van der Waals surface area (Å²) in [5.41, 5.74) is 2.11. The van der Waals surface area contributed by atoms with E-state index in [1.165, 1.54) is 36.3 Å². The molecule has 1 N–H and O–H groups in total. The fraction of sp³-hybridized carbons (Fsp3) is 0.143. The van der Waals surface area contributed by atoms with Crippen molar-refractivity contribution in [3.8, 4) is 5.75 Å². The summed E-state index contributed by atoms with van der Waals surface area (Å²) >= 11 is 12.5. The van der Waals surface area contributed by atoms with Crippen LogP contribution >= 0.6 is 23.2 Å². The minimum atomic E-state index is -0.946. The lowest BCUT2D eigenvalue weighted by Gasteiger charge is -2.25. The van der Waals surface area contributed by atoms with E-state index in [0.717, 1.165) is 10.9 Å². The topological polar surface area (TPSA) is 71.8 Å². The third kappa shape index (κ3) is 4.24. The Bertz CT molecular complexity index is 1590. The minimum absolute atomic E-state index is 0.0168. The van der Waals surface area contributed by atoms with Gasteiger partial charge < -0.3 is 19.3 Å². The lowest BCUT2D eigenvalue weighted by atomic mass is 9.94. The lowest BCUT2D eigenvalue weighted by Crippen LogP contribution is -2.29. The van der Waals surface area contributed by atoms with E-state index in [1.807, 2.05) is 42.1 Å². The molecule has 5 rings (SSSR count). The second-order valence-corrected chi connectivity index (χ2v) is 9.58. The molecule has 1 unspecified atom stereocenters. The third-order valence-corrected chi connectivity index (χ3v) is 7.00. The molecule has 2 heterocycles. The molecule has 0 radical (unpaired) electrons. The zero-order valence-corrected chi connectivity index (χ0v) is 21.3. The number of hydrogen-bond acceptors (Lipinski definition) is 4.